The lowest BCUT2D eigenvalue weighted by Crippen LogP contribution is -2.50. The standard InChI is InChI=1S/C15H23BrN2/c1-11-7-15(17)10-18(9-11)12(2)8-13-3-5-14(16)6-4-13/h3-6,11-12,15H,7-10,17H2,1-2H3. The lowest BCUT2D eigenvalue weighted by atomic mass is 9.94. The van der Waals surface area contributed by atoms with Crippen molar-refractivity contribution in [2.75, 3.05) is 13.1 Å². The molecule has 0 amide bonds. The van der Waals surface area contributed by atoms with Gasteiger partial charge in [-0.05, 0) is 43.4 Å². The fourth-order valence-electron chi connectivity index (χ4n) is 2.89. The Balaban J connectivity index is 1.94. The average molecular weight is 311 g/mol. The van der Waals surface area contributed by atoms with Gasteiger partial charge in [-0.2, -0.15) is 0 Å². The third-order valence-electron chi connectivity index (χ3n) is 3.79. The van der Waals surface area contributed by atoms with E-state index in [1.54, 1.807) is 0 Å². The van der Waals surface area contributed by atoms with E-state index in [0.29, 0.717) is 12.1 Å². The number of benzene rings is 1. The van der Waals surface area contributed by atoms with Crippen molar-refractivity contribution >= 4 is 15.9 Å². The Labute approximate surface area is 119 Å². The molecule has 2 N–H and O–H groups in total. The first kappa shape index (κ1) is 14.0. The molecule has 3 unspecified atom stereocenters. The predicted molar refractivity (Wildman–Crippen MR) is 80.6 cm³/mol. The molecule has 3 heteroatoms. The van der Waals surface area contributed by atoms with Crippen LogP contribution in [0, 0.1) is 5.92 Å². The molecule has 18 heavy (non-hydrogen) atoms. The van der Waals surface area contributed by atoms with E-state index in [1.165, 1.54) is 18.5 Å². The van der Waals surface area contributed by atoms with E-state index in [9.17, 15) is 0 Å². The first-order valence-electron chi connectivity index (χ1n) is 6.78. The van der Waals surface area contributed by atoms with Crippen LogP contribution >= 0.6 is 15.9 Å². The van der Waals surface area contributed by atoms with E-state index in [1.807, 2.05) is 0 Å². The van der Waals surface area contributed by atoms with Gasteiger partial charge in [-0.25, -0.2) is 0 Å². The minimum atomic E-state index is 0.348. The molecular weight excluding hydrogens is 288 g/mol. The Morgan fingerprint density at radius 3 is 2.61 bits per heavy atom. The summed E-state index contributed by atoms with van der Waals surface area (Å²) in [5, 5.41) is 0. The minimum Gasteiger partial charge on any atom is -0.327 e. The van der Waals surface area contributed by atoms with Crippen LogP contribution in [0.5, 0.6) is 0 Å². The normalized spacial score (nSPS) is 27.1. The second kappa shape index (κ2) is 6.18. The van der Waals surface area contributed by atoms with Crippen LogP contribution in [0.25, 0.3) is 0 Å². The van der Waals surface area contributed by atoms with Crippen molar-refractivity contribution < 1.29 is 0 Å². The van der Waals surface area contributed by atoms with Gasteiger partial charge in [-0.15, -0.1) is 0 Å². The Bertz CT molecular complexity index is 367. The largest absolute Gasteiger partial charge is 0.327 e. The van der Waals surface area contributed by atoms with E-state index < -0.39 is 0 Å². The van der Waals surface area contributed by atoms with Gasteiger partial charge in [0.25, 0.3) is 0 Å². The molecule has 0 radical (unpaired) electrons. The van der Waals surface area contributed by atoms with Crippen molar-refractivity contribution in [2.45, 2.75) is 38.8 Å². The van der Waals surface area contributed by atoms with Crippen molar-refractivity contribution in [1.82, 2.24) is 4.90 Å². The van der Waals surface area contributed by atoms with Gasteiger partial charge in [-0.1, -0.05) is 35.0 Å². The molecule has 1 aliphatic rings. The predicted octanol–water partition coefficient (Wildman–Crippen LogP) is 3.05. The molecule has 2 nitrogen and oxygen atoms in total. The second-order valence-electron chi connectivity index (χ2n) is 5.73. The number of hydrogen-bond donors (Lipinski definition) is 1. The first-order valence-corrected chi connectivity index (χ1v) is 7.58. The third kappa shape index (κ3) is 3.81. The molecule has 1 saturated heterocycles. The van der Waals surface area contributed by atoms with E-state index in [2.05, 4.69) is 58.9 Å². The maximum atomic E-state index is 6.12. The summed E-state index contributed by atoms with van der Waals surface area (Å²) in [7, 11) is 0. The van der Waals surface area contributed by atoms with Crippen molar-refractivity contribution in [1.29, 1.82) is 0 Å². The Morgan fingerprint density at radius 1 is 1.33 bits per heavy atom. The van der Waals surface area contributed by atoms with Crippen LogP contribution in [0.15, 0.2) is 28.7 Å². The summed E-state index contributed by atoms with van der Waals surface area (Å²) in [6.45, 7) is 6.85. The molecule has 100 valence electrons. The van der Waals surface area contributed by atoms with Gasteiger partial charge in [0.05, 0.1) is 0 Å². The van der Waals surface area contributed by atoms with Gasteiger partial charge in [0, 0.05) is 29.6 Å². The van der Waals surface area contributed by atoms with Gasteiger partial charge in [0.15, 0.2) is 0 Å². The topological polar surface area (TPSA) is 29.3 Å². The number of hydrogen-bond acceptors (Lipinski definition) is 2. The van der Waals surface area contributed by atoms with E-state index in [4.69, 9.17) is 5.73 Å². The summed E-state index contributed by atoms with van der Waals surface area (Å²) in [6, 6.07) is 9.56. The fraction of sp³-hybridized carbons (Fsp3) is 0.600. The van der Waals surface area contributed by atoms with Crippen LogP contribution in [0.1, 0.15) is 25.8 Å². The maximum absolute atomic E-state index is 6.12. The van der Waals surface area contributed by atoms with Crippen LogP contribution in [0.3, 0.4) is 0 Å². The molecule has 0 aliphatic carbocycles. The zero-order valence-corrected chi connectivity index (χ0v) is 12.9. The zero-order valence-electron chi connectivity index (χ0n) is 11.3. The SMILES string of the molecule is CC1CC(N)CN(C(C)Cc2ccc(Br)cc2)C1. The summed E-state index contributed by atoms with van der Waals surface area (Å²) in [5.41, 5.74) is 7.52. The minimum absolute atomic E-state index is 0.348. The number of piperidine rings is 1. The number of nitrogens with two attached hydrogens (primary N) is 1. The van der Waals surface area contributed by atoms with Crippen LogP contribution in [-0.2, 0) is 6.42 Å². The fourth-order valence-corrected chi connectivity index (χ4v) is 3.16. The molecule has 3 atom stereocenters. The maximum Gasteiger partial charge on any atom is 0.0175 e. The molecule has 1 aliphatic heterocycles. The number of likely N-dealkylation sites (tertiary alicyclic amines) is 1. The van der Waals surface area contributed by atoms with Crippen molar-refractivity contribution in [2.24, 2.45) is 11.7 Å². The lowest BCUT2D eigenvalue weighted by molar-refractivity contribution is 0.123. The molecule has 1 aromatic carbocycles. The van der Waals surface area contributed by atoms with Gasteiger partial charge in [-0.3, -0.25) is 4.90 Å². The van der Waals surface area contributed by atoms with E-state index >= 15 is 0 Å². The molecule has 0 bridgehead atoms. The summed E-state index contributed by atoms with van der Waals surface area (Å²) in [4.78, 5) is 2.54. The molecule has 0 spiro atoms. The summed E-state index contributed by atoms with van der Waals surface area (Å²) < 4.78 is 1.15. The Hall–Kier alpha value is -0.380. The molecule has 2 rings (SSSR count). The van der Waals surface area contributed by atoms with E-state index in [-0.39, 0.29) is 0 Å². The zero-order chi connectivity index (χ0) is 13.1. The van der Waals surface area contributed by atoms with Gasteiger partial charge < -0.3 is 5.73 Å². The second-order valence-corrected chi connectivity index (χ2v) is 6.65. The number of rotatable bonds is 3. The molecule has 1 aromatic rings. The first-order chi connectivity index (χ1) is 8.54. The van der Waals surface area contributed by atoms with Crippen LogP contribution in [0.2, 0.25) is 0 Å². The summed E-state index contributed by atoms with van der Waals surface area (Å²) in [5.74, 6) is 0.723. The van der Waals surface area contributed by atoms with E-state index in [0.717, 1.165) is 23.4 Å². The number of halogens is 1. The number of nitrogens with zero attached hydrogens (tertiary/aromatic N) is 1. The molecule has 1 fully saturated rings. The highest BCUT2D eigenvalue weighted by Gasteiger charge is 2.25. The average Bonchev–Trinajstić information content (AvgIpc) is 2.31. The highest BCUT2D eigenvalue weighted by atomic mass is 79.9. The van der Waals surface area contributed by atoms with Crippen molar-refractivity contribution in [3.8, 4) is 0 Å². The van der Waals surface area contributed by atoms with Crippen molar-refractivity contribution in [3.05, 3.63) is 34.3 Å². The van der Waals surface area contributed by atoms with Crippen LogP contribution in [-0.4, -0.2) is 30.1 Å². The van der Waals surface area contributed by atoms with Crippen LogP contribution < -0.4 is 5.73 Å². The Kier molecular flexibility index (Phi) is 4.82. The highest BCUT2D eigenvalue weighted by molar-refractivity contribution is 9.10. The molecule has 0 aromatic heterocycles. The van der Waals surface area contributed by atoms with Gasteiger partial charge >= 0.3 is 0 Å². The summed E-state index contributed by atoms with van der Waals surface area (Å²) in [6.07, 6.45) is 2.27. The van der Waals surface area contributed by atoms with Crippen molar-refractivity contribution in [3.63, 3.8) is 0 Å². The van der Waals surface area contributed by atoms with Crippen LogP contribution in [0.4, 0.5) is 0 Å². The monoisotopic (exact) mass is 310 g/mol. The molecule has 1 heterocycles. The summed E-state index contributed by atoms with van der Waals surface area (Å²) >= 11 is 3.48. The van der Waals surface area contributed by atoms with Gasteiger partial charge in [0.1, 0.15) is 0 Å². The molecular formula is C15H23BrN2. The Morgan fingerprint density at radius 2 is 2.00 bits per heavy atom. The quantitative estimate of drug-likeness (QED) is 0.929. The lowest BCUT2D eigenvalue weighted by Gasteiger charge is -2.38. The van der Waals surface area contributed by atoms with Gasteiger partial charge in [0.2, 0.25) is 0 Å². The smallest absolute Gasteiger partial charge is 0.0175 e. The highest BCUT2D eigenvalue weighted by Crippen LogP contribution is 2.20. The third-order valence-corrected chi connectivity index (χ3v) is 4.32. The molecule has 0 saturated carbocycles.